The lowest BCUT2D eigenvalue weighted by Crippen LogP contribution is -2.54. The lowest BCUT2D eigenvalue weighted by atomic mass is 9.66. The number of hydrogen-bond donors (Lipinski definition) is 1. The zero-order chi connectivity index (χ0) is 22.4. The monoisotopic (exact) mass is 421 g/mol. The van der Waals surface area contributed by atoms with Crippen LogP contribution in [0.25, 0.3) is 0 Å². The first-order valence-corrected chi connectivity index (χ1v) is 12.9. The molecule has 3 unspecified atom stereocenters. The van der Waals surface area contributed by atoms with Crippen LogP contribution in [0, 0.1) is 17.8 Å². The molecule has 1 aliphatic rings. The van der Waals surface area contributed by atoms with Crippen molar-refractivity contribution < 1.29 is 9.90 Å². The highest BCUT2D eigenvalue weighted by atomic mass is 16.4. The van der Waals surface area contributed by atoms with Crippen molar-refractivity contribution in [1.82, 2.24) is 4.90 Å². The predicted octanol–water partition coefficient (Wildman–Crippen LogP) is 7.70. The van der Waals surface area contributed by atoms with Gasteiger partial charge in [-0.3, -0.25) is 4.79 Å². The zero-order valence-corrected chi connectivity index (χ0v) is 20.8. The van der Waals surface area contributed by atoms with Crippen LogP contribution in [-0.2, 0) is 4.79 Å². The van der Waals surface area contributed by atoms with Gasteiger partial charge < -0.3 is 10.0 Å². The topological polar surface area (TPSA) is 40.5 Å². The molecule has 0 aliphatic carbocycles. The smallest absolute Gasteiger partial charge is 0.303 e. The highest BCUT2D eigenvalue weighted by Gasteiger charge is 2.41. The van der Waals surface area contributed by atoms with Crippen LogP contribution in [0.2, 0.25) is 0 Å². The van der Waals surface area contributed by atoms with E-state index in [-0.39, 0.29) is 5.54 Å². The summed E-state index contributed by atoms with van der Waals surface area (Å²) in [7, 11) is 2.26. The molecule has 1 N–H and O–H groups in total. The fraction of sp³-hybridized carbons (Fsp3) is 0.889. The lowest BCUT2D eigenvalue weighted by molar-refractivity contribution is -0.137. The van der Waals surface area contributed by atoms with Gasteiger partial charge in [0.25, 0.3) is 0 Å². The van der Waals surface area contributed by atoms with Crippen molar-refractivity contribution in [1.29, 1.82) is 0 Å². The standard InChI is InChI=1S/C27H51NO2/c1-6-7-8-9-10-11-12-13-14-15-18-24(19-16-17-20-26(29)30)25-21-22-28(5)27(3,4)23(25)2/h13-14,23-25H,6-12,15-22H2,1-5H3,(H,29,30). The number of aliphatic carboxylic acids is 1. The number of piperidine rings is 1. The number of hydrogen-bond acceptors (Lipinski definition) is 2. The summed E-state index contributed by atoms with van der Waals surface area (Å²) in [5, 5.41) is 8.96. The van der Waals surface area contributed by atoms with Crippen LogP contribution in [0.3, 0.4) is 0 Å². The highest BCUT2D eigenvalue weighted by Crippen LogP contribution is 2.42. The van der Waals surface area contributed by atoms with Gasteiger partial charge in [0.15, 0.2) is 0 Å². The van der Waals surface area contributed by atoms with Gasteiger partial charge in [-0.25, -0.2) is 0 Å². The minimum Gasteiger partial charge on any atom is -0.481 e. The van der Waals surface area contributed by atoms with Crippen molar-refractivity contribution in [2.75, 3.05) is 13.6 Å². The van der Waals surface area contributed by atoms with Gasteiger partial charge in [-0.05, 0) is 83.7 Å². The van der Waals surface area contributed by atoms with Crippen LogP contribution in [0.5, 0.6) is 0 Å². The molecule has 0 aromatic heterocycles. The molecule has 0 saturated carbocycles. The van der Waals surface area contributed by atoms with Crippen LogP contribution < -0.4 is 0 Å². The van der Waals surface area contributed by atoms with Gasteiger partial charge in [0.2, 0.25) is 0 Å². The van der Waals surface area contributed by atoms with Crippen molar-refractivity contribution in [3.05, 3.63) is 12.2 Å². The van der Waals surface area contributed by atoms with Crippen molar-refractivity contribution in [2.45, 2.75) is 123 Å². The second kappa shape index (κ2) is 15.1. The summed E-state index contributed by atoms with van der Waals surface area (Å²) in [4.78, 5) is 13.4. The first kappa shape index (κ1) is 27.2. The molecule has 3 nitrogen and oxygen atoms in total. The Bertz CT molecular complexity index is 485. The van der Waals surface area contributed by atoms with Crippen LogP contribution in [-0.4, -0.2) is 35.1 Å². The molecule has 176 valence electrons. The second-order valence-electron chi connectivity index (χ2n) is 10.3. The molecule has 0 spiro atoms. The Labute approximate surface area is 187 Å². The molecule has 1 saturated heterocycles. The van der Waals surface area contributed by atoms with Crippen molar-refractivity contribution in [3.63, 3.8) is 0 Å². The number of nitrogens with zero attached hydrogens (tertiary/aromatic N) is 1. The average molecular weight is 422 g/mol. The van der Waals surface area contributed by atoms with E-state index in [2.05, 4.69) is 51.8 Å². The molecule has 1 aliphatic heterocycles. The minimum absolute atomic E-state index is 0.246. The molecule has 0 radical (unpaired) electrons. The quantitative estimate of drug-likeness (QED) is 0.205. The van der Waals surface area contributed by atoms with E-state index in [1.807, 2.05) is 0 Å². The third-order valence-electron chi connectivity index (χ3n) is 7.95. The van der Waals surface area contributed by atoms with Gasteiger partial charge >= 0.3 is 5.97 Å². The van der Waals surface area contributed by atoms with Crippen molar-refractivity contribution in [3.8, 4) is 0 Å². The Balaban J connectivity index is 2.47. The molecule has 1 rings (SSSR count). The normalized spacial score (nSPS) is 23.1. The molecule has 1 fully saturated rings. The van der Waals surface area contributed by atoms with Crippen LogP contribution >= 0.6 is 0 Å². The summed E-state index contributed by atoms with van der Waals surface area (Å²) < 4.78 is 0. The largest absolute Gasteiger partial charge is 0.481 e. The van der Waals surface area contributed by atoms with Gasteiger partial charge in [-0.15, -0.1) is 0 Å². The van der Waals surface area contributed by atoms with Crippen LogP contribution in [0.1, 0.15) is 118 Å². The van der Waals surface area contributed by atoms with Gasteiger partial charge in [0.05, 0.1) is 0 Å². The van der Waals surface area contributed by atoms with Crippen molar-refractivity contribution >= 4 is 5.97 Å². The average Bonchev–Trinajstić information content (AvgIpc) is 2.70. The molecule has 0 bridgehead atoms. The molecule has 0 amide bonds. The maximum Gasteiger partial charge on any atom is 0.303 e. The summed E-state index contributed by atoms with van der Waals surface area (Å²) in [6, 6.07) is 0. The molecule has 0 aromatic rings. The molecule has 0 aromatic carbocycles. The fourth-order valence-electron chi connectivity index (χ4n) is 5.24. The van der Waals surface area contributed by atoms with Crippen LogP contribution in [0.4, 0.5) is 0 Å². The van der Waals surface area contributed by atoms with E-state index < -0.39 is 5.97 Å². The van der Waals surface area contributed by atoms with E-state index in [9.17, 15) is 4.79 Å². The number of carboxylic acids is 1. The first-order chi connectivity index (χ1) is 14.3. The lowest BCUT2D eigenvalue weighted by Gasteiger charge is -2.51. The Hall–Kier alpha value is -0.830. The first-order valence-electron chi connectivity index (χ1n) is 12.9. The minimum atomic E-state index is -0.655. The second-order valence-corrected chi connectivity index (χ2v) is 10.3. The molecular weight excluding hydrogens is 370 g/mol. The number of carbonyl (C=O) groups is 1. The van der Waals surface area contributed by atoms with Crippen LogP contribution in [0.15, 0.2) is 12.2 Å². The summed E-state index contributed by atoms with van der Waals surface area (Å²) in [6.45, 7) is 10.7. The van der Waals surface area contributed by atoms with Gasteiger partial charge in [0.1, 0.15) is 0 Å². The van der Waals surface area contributed by atoms with E-state index in [0.717, 1.165) is 24.7 Å². The Morgan fingerprint density at radius 3 is 2.40 bits per heavy atom. The molecule has 3 atom stereocenters. The SMILES string of the molecule is CCCCCCCCC=CCCC(CCCCC(=O)O)C1CCN(C)C(C)(C)C1C. The van der Waals surface area contributed by atoms with E-state index in [4.69, 9.17) is 5.11 Å². The van der Waals surface area contributed by atoms with E-state index in [1.165, 1.54) is 77.2 Å². The number of allylic oxidation sites excluding steroid dienone is 2. The van der Waals surface area contributed by atoms with Gasteiger partial charge in [-0.2, -0.15) is 0 Å². The summed E-state index contributed by atoms with van der Waals surface area (Å²) in [6.07, 6.45) is 21.4. The number of carboxylic acid groups (broad SMARTS) is 1. The Morgan fingerprint density at radius 2 is 1.70 bits per heavy atom. The third kappa shape index (κ3) is 9.98. The molecule has 1 heterocycles. The maximum atomic E-state index is 10.9. The predicted molar refractivity (Wildman–Crippen MR) is 130 cm³/mol. The highest BCUT2D eigenvalue weighted by molar-refractivity contribution is 5.66. The molecule has 30 heavy (non-hydrogen) atoms. The Morgan fingerprint density at radius 1 is 1.03 bits per heavy atom. The molecular formula is C27H51NO2. The zero-order valence-electron chi connectivity index (χ0n) is 20.8. The van der Waals surface area contributed by atoms with Gasteiger partial charge in [-0.1, -0.05) is 70.9 Å². The van der Waals surface area contributed by atoms with E-state index in [1.54, 1.807) is 0 Å². The van der Waals surface area contributed by atoms with E-state index >= 15 is 0 Å². The summed E-state index contributed by atoms with van der Waals surface area (Å²) >= 11 is 0. The number of likely N-dealkylation sites (tertiary alicyclic amines) is 1. The summed E-state index contributed by atoms with van der Waals surface area (Å²) in [5.74, 6) is 1.50. The van der Waals surface area contributed by atoms with Crippen molar-refractivity contribution in [2.24, 2.45) is 17.8 Å². The maximum absolute atomic E-state index is 10.9. The fourth-order valence-corrected chi connectivity index (χ4v) is 5.24. The Kier molecular flexibility index (Phi) is 13.6. The molecule has 3 heteroatoms. The summed E-state index contributed by atoms with van der Waals surface area (Å²) in [5.41, 5.74) is 0.246. The number of rotatable bonds is 16. The van der Waals surface area contributed by atoms with Gasteiger partial charge in [0, 0.05) is 12.0 Å². The number of unbranched alkanes of at least 4 members (excludes halogenated alkanes) is 7. The van der Waals surface area contributed by atoms with E-state index in [0.29, 0.717) is 12.3 Å². The third-order valence-corrected chi connectivity index (χ3v) is 7.95.